The summed E-state index contributed by atoms with van der Waals surface area (Å²) in [7, 11) is -1.98. The van der Waals surface area contributed by atoms with E-state index in [1.54, 1.807) is 18.5 Å². The molecule has 0 saturated carbocycles. The van der Waals surface area contributed by atoms with Gasteiger partial charge in [0.05, 0.1) is 21.6 Å². The maximum absolute atomic E-state index is 12.2. The molecule has 0 radical (unpaired) electrons. The van der Waals surface area contributed by atoms with Gasteiger partial charge in [-0.3, -0.25) is 0 Å². The fraction of sp³-hybridized carbons (Fsp3) is 0.273. The summed E-state index contributed by atoms with van der Waals surface area (Å²) in [6, 6.07) is 3.63. The number of benzene rings is 1. The first-order valence-electron chi connectivity index (χ1n) is 5.72. The van der Waals surface area contributed by atoms with Gasteiger partial charge in [-0.2, -0.15) is 0 Å². The fourth-order valence-electron chi connectivity index (χ4n) is 1.71. The summed E-state index contributed by atoms with van der Waals surface area (Å²) in [5, 5.41) is 7.77. The second kappa shape index (κ2) is 5.39. The minimum Gasteiger partial charge on any atom is -0.398 e. The third-order valence-electron chi connectivity index (χ3n) is 2.75. The lowest BCUT2D eigenvalue weighted by Gasteiger charge is -2.13. The smallest absolute Gasteiger partial charge is 0.241 e. The predicted molar refractivity (Wildman–Crippen MR) is 75.6 cm³/mol. The molecule has 0 bridgehead atoms. The van der Waals surface area contributed by atoms with E-state index >= 15 is 0 Å². The Kier molecular flexibility index (Phi) is 3.98. The van der Waals surface area contributed by atoms with Crippen LogP contribution in [0, 0.1) is 0 Å². The van der Waals surface area contributed by atoms with Gasteiger partial charge in [-0.15, -0.1) is 10.2 Å². The lowest BCUT2D eigenvalue weighted by atomic mass is 10.3. The quantitative estimate of drug-likeness (QED) is 0.822. The number of sulfonamides is 1. The van der Waals surface area contributed by atoms with Gasteiger partial charge in [0.15, 0.2) is 0 Å². The maximum Gasteiger partial charge on any atom is 0.241 e. The highest BCUT2D eigenvalue weighted by molar-refractivity contribution is 7.89. The van der Waals surface area contributed by atoms with Gasteiger partial charge in [0.2, 0.25) is 10.0 Å². The molecule has 3 N–H and O–H groups in total. The highest BCUT2D eigenvalue weighted by atomic mass is 35.5. The van der Waals surface area contributed by atoms with Gasteiger partial charge in [0.1, 0.15) is 12.2 Å². The summed E-state index contributed by atoms with van der Waals surface area (Å²) in [5.74, 6) is 0.509. The van der Waals surface area contributed by atoms with Crippen LogP contribution < -0.4 is 10.5 Å². The number of anilines is 1. The number of aromatic nitrogens is 3. The topological polar surface area (TPSA) is 103 Å². The second-order valence-corrected chi connectivity index (χ2v) is 6.45. The predicted octanol–water partition coefficient (Wildman–Crippen LogP) is 1.09. The molecule has 7 nitrogen and oxygen atoms in total. The Labute approximate surface area is 121 Å². The van der Waals surface area contributed by atoms with Crippen molar-refractivity contribution in [2.75, 3.05) is 5.73 Å². The van der Waals surface area contributed by atoms with Crippen LogP contribution in [0.4, 0.5) is 5.69 Å². The summed E-state index contributed by atoms with van der Waals surface area (Å²) in [6.45, 7) is 1.68. The van der Waals surface area contributed by atoms with Crippen LogP contribution in [0.25, 0.3) is 0 Å². The normalized spacial score (nSPS) is 13.3. The molecule has 20 heavy (non-hydrogen) atoms. The van der Waals surface area contributed by atoms with E-state index in [4.69, 9.17) is 17.3 Å². The van der Waals surface area contributed by atoms with E-state index in [0.717, 1.165) is 0 Å². The minimum absolute atomic E-state index is 0.0470. The zero-order valence-electron chi connectivity index (χ0n) is 10.9. The number of nitrogens with zero attached hydrogens (tertiary/aromatic N) is 3. The molecular weight excluding hydrogens is 302 g/mol. The lowest BCUT2D eigenvalue weighted by Crippen LogP contribution is -2.28. The number of hydrogen-bond donors (Lipinski definition) is 2. The zero-order valence-corrected chi connectivity index (χ0v) is 12.5. The van der Waals surface area contributed by atoms with Crippen molar-refractivity contribution in [3.05, 3.63) is 35.4 Å². The Hall–Kier alpha value is -1.64. The van der Waals surface area contributed by atoms with Crippen molar-refractivity contribution in [1.82, 2.24) is 19.5 Å². The molecule has 2 aromatic rings. The van der Waals surface area contributed by atoms with E-state index in [9.17, 15) is 8.42 Å². The third kappa shape index (κ3) is 2.92. The number of aryl methyl sites for hydroxylation is 1. The Morgan fingerprint density at radius 1 is 1.45 bits per heavy atom. The van der Waals surface area contributed by atoms with Gasteiger partial charge < -0.3 is 10.3 Å². The maximum atomic E-state index is 12.2. The van der Waals surface area contributed by atoms with Crippen molar-refractivity contribution >= 4 is 27.3 Å². The second-order valence-electron chi connectivity index (χ2n) is 4.33. The molecule has 0 spiro atoms. The zero-order chi connectivity index (χ0) is 14.9. The highest BCUT2D eigenvalue weighted by Gasteiger charge is 2.21. The van der Waals surface area contributed by atoms with Crippen molar-refractivity contribution < 1.29 is 8.42 Å². The molecule has 0 amide bonds. The first-order valence-corrected chi connectivity index (χ1v) is 7.58. The standard InChI is InChI=1S/C11H14ClN5O2S/c1-7(11-15-14-6-17(11)2)16-20(18,19)8-3-4-10(13)9(12)5-8/h3-7,16H,13H2,1-2H3. The van der Waals surface area contributed by atoms with E-state index in [2.05, 4.69) is 14.9 Å². The Morgan fingerprint density at radius 3 is 2.70 bits per heavy atom. The van der Waals surface area contributed by atoms with E-state index < -0.39 is 16.1 Å². The molecular formula is C11H14ClN5O2S. The number of nitrogens with two attached hydrogens (primary N) is 1. The van der Waals surface area contributed by atoms with E-state index in [-0.39, 0.29) is 9.92 Å². The van der Waals surface area contributed by atoms with E-state index in [1.165, 1.54) is 24.5 Å². The lowest BCUT2D eigenvalue weighted by molar-refractivity contribution is 0.553. The van der Waals surface area contributed by atoms with Crippen molar-refractivity contribution in [3.8, 4) is 0 Å². The minimum atomic E-state index is -3.71. The molecule has 2 rings (SSSR count). The first kappa shape index (κ1) is 14.8. The van der Waals surface area contributed by atoms with Gasteiger partial charge >= 0.3 is 0 Å². The molecule has 1 heterocycles. The summed E-state index contributed by atoms with van der Waals surface area (Å²) < 4.78 is 28.6. The first-order chi connectivity index (χ1) is 9.31. The largest absolute Gasteiger partial charge is 0.398 e. The van der Waals surface area contributed by atoms with Crippen molar-refractivity contribution in [1.29, 1.82) is 0 Å². The molecule has 1 atom stereocenters. The number of hydrogen-bond acceptors (Lipinski definition) is 5. The molecule has 1 unspecified atom stereocenters. The van der Waals surface area contributed by atoms with Crippen LogP contribution in [-0.2, 0) is 17.1 Å². The monoisotopic (exact) mass is 315 g/mol. The van der Waals surface area contributed by atoms with Crippen LogP contribution in [-0.4, -0.2) is 23.2 Å². The van der Waals surface area contributed by atoms with Gasteiger partial charge in [-0.25, -0.2) is 13.1 Å². The van der Waals surface area contributed by atoms with Crippen LogP contribution >= 0.6 is 11.6 Å². The molecule has 1 aromatic carbocycles. The summed E-state index contributed by atoms with van der Waals surface area (Å²) in [6.07, 6.45) is 1.50. The third-order valence-corrected chi connectivity index (χ3v) is 4.61. The van der Waals surface area contributed by atoms with Crippen LogP contribution in [0.5, 0.6) is 0 Å². The number of nitrogen functional groups attached to an aromatic ring is 1. The van der Waals surface area contributed by atoms with Crippen molar-refractivity contribution in [3.63, 3.8) is 0 Å². The highest BCUT2D eigenvalue weighted by Crippen LogP contribution is 2.23. The SMILES string of the molecule is CC(NS(=O)(=O)c1ccc(N)c(Cl)c1)c1nncn1C. The summed E-state index contributed by atoms with van der Waals surface area (Å²) >= 11 is 5.84. The van der Waals surface area contributed by atoms with E-state index in [0.29, 0.717) is 11.5 Å². The average molecular weight is 316 g/mol. The van der Waals surface area contributed by atoms with Crippen LogP contribution in [0.1, 0.15) is 18.8 Å². The van der Waals surface area contributed by atoms with Crippen molar-refractivity contribution in [2.45, 2.75) is 17.9 Å². The van der Waals surface area contributed by atoms with Gasteiger partial charge in [-0.1, -0.05) is 11.6 Å². The van der Waals surface area contributed by atoms with Crippen molar-refractivity contribution in [2.24, 2.45) is 7.05 Å². The average Bonchev–Trinajstić information content (AvgIpc) is 2.78. The molecule has 9 heteroatoms. The van der Waals surface area contributed by atoms with E-state index in [1.807, 2.05) is 0 Å². The Bertz CT molecular complexity index is 728. The number of nitrogens with one attached hydrogen (secondary N) is 1. The molecule has 0 aliphatic heterocycles. The Balaban J connectivity index is 2.27. The summed E-state index contributed by atoms with van der Waals surface area (Å²) in [5.41, 5.74) is 5.89. The molecule has 0 fully saturated rings. The van der Waals surface area contributed by atoms with Crippen LogP contribution in [0.3, 0.4) is 0 Å². The molecule has 0 aliphatic rings. The fourth-order valence-corrected chi connectivity index (χ4v) is 3.19. The number of halogens is 1. The summed E-state index contributed by atoms with van der Waals surface area (Å²) in [4.78, 5) is 0.0470. The van der Waals surface area contributed by atoms with Crippen LogP contribution in [0.15, 0.2) is 29.4 Å². The van der Waals surface area contributed by atoms with Gasteiger partial charge in [0.25, 0.3) is 0 Å². The molecule has 0 aliphatic carbocycles. The van der Waals surface area contributed by atoms with Gasteiger partial charge in [0, 0.05) is 7.05 Å². The number of rotatable bonds is 4. The molecule has 0 saturated heterocycles. The molecule has 1 aromatic heterocycles. The van der Waals surface area contributed by atoms with Gasteiger partial charge in [-0.05, 0) is 25.1 Å². The van der Waals surface area contributed by atoms with Crippen LogP contribution in [0.2, 0.25) is 5.02 Å². The Morgan fingerprint density at radius 2 is 2.15 bits per heavy atom. The molecule has 108 valence electrons.